The predicted octanol–water partition coefficient (Wildman–Crippen LogP) is 3.20. The number of aromatic nitrogens is 1. The summed E-state index contributed by atoms with van der Waals surface area (Å²) in [5, 5.41) is 3.96. The normalized spacial score (nSPS) is 15.1. The maximum atomic E-state index is 12.7. The Hall–Kier alpha value is -2.64. The largest absolute Gasteiger partial charge is 0.347 e. The number of nitrogens with zero attached hydrogens (tertiary/aromatic N) is 2. The van der Waals surface area contributed by atoms with Gasteiger partial charge in [-0.1, -0.05) is 23.8 Å². The third kappa shape index (κ3) is 3.80. The lowest BCUT2D eigenvalue weighted by atomic mass is 10.2. The number of fused-ring (bicyclic) bond motifs is 1. The summed E-state index contributed by atoms with van der Waals surface area (Å²) in [6.45, 7) is 3.54. The molecule has 1 saturated heterocycles. The first-order chi connectivity index (χ1) is 13.9. The third-order valence-corrected chi connectivity index (χ3v) is 7.42. The van der Waals surface area contributed by atoms with Crippen molar-refractivity contribution >= 4 is 26.8 Å². The van der Waals surface area contributed by atoms with Crippen molar-refractivity contribution in [2.45, 2.75) is 31.2 Å². The Labute approximate surface area is 171 Å². The van der Waals surface area contributed by atoms with E-state index in [0.717, 1.165) is 34.9 Å². The van der Waals surface area contributed by atoms with Crippen molar-refractivity contribution in [2.24, 2.45) is 7.05 Å². The molecule has 0 spiro atoms. The number of sulfonamides is 1. The lowest BCUT2D eigenvalue weighted by molar-refractivity contribution is 0.0943. The van der Waals surface area contributed by atoms with Gasteiger partial charge in [-0.25, -0.2) is 8.42 Å². The van der Waals surface area contributed by atoms with Gasteiger partial charge in [0.25, 0.3) is 5.91 Å². The summed E-state index contributed by atoms with van der Waals surface area (Å²) in [6.07, 6.45) is 1.83. The molecule has 1 fully saturated rings. The van der Waals surface area contributed by atoms with Crippen LogP contribution in [-0.4, -0.2) is 36.3 Å². The van der Waals surface area contributed by atoms with Crippen LogP contribution in [0.25, 0.3) is 10.9 Å². The summed E-state index contributed by atoms with van der Waals surface area (Å²) in [7, 11) is -1.53. The van der Waals surface area contributed by atoms with Gasteiger partial charge in [0.2, 0.25) is 10.0 Å². The van der Waals surface area contributed by atoms with E-state index in [2.05, 4.69) is 11.4 Å². The molecule has 1 aliphatic heterocycles. The minimum atomic E-state index is -3.41. The average Bonchev–Trinajstić information content (AvgIpc) is 3.35. The SMILES string of the molecule is Cc1ccc2c(c1)cc(C(=O)NCc1ccc(S(=O)(=O)N3CCCC3)cc1)n2C. The van der Waals surface area contributed by atoms with E-state index in [0.29, 0.717) is 30.2 Å². The van der Waals surface area contributed by atoms with Gasteiger partial charge in [0.05, 0.1) is 4.90 Å². The smallest absolute Gasteiger partial charge is 0.268 e. The molecule has 0 saturated carbocycles. The second-order valence-electron chi connectivity index (χ2n) is 7.59. The molecule has 3 aromatic rings. The monoisotopic (exact) mass is 411 g/mol. The molecular weight excluding hydrogens is 386 g/mol. The average molecular weight is 412 g/mol. The summed E-state index contributed by atoms with van der Waals surface area (Å²) in [4.78, 5) is 13.0. The van der Waals surface area contributed by atoms with Crippen molar-refractivity contribution in [1.29, 1.82) is 0 Å². The zero-order valence-corrected chi connectivity index (χ0v) is 17.5. The molecule has 1 aliphatic rings. The van der Waals surface area contributed by atoms with Gasteiger partial charge in [-0.3, -0.25) is 4.79 Å². The Balaban J connectivity index is 1.45. The Morgan fingerprint density at radius 3 is 2.41 bits per heavy atom. The second-order valence-corrected chi connectivity index (χ2v) is 9.53. The van der Waals surface area contributed by atoms with Gasteiger partial charge in [-0.15, -0.1) is 0 Å². The highest BCUT2D eigenvalue weighted by molar-refractivity contribution is 7.89. The number of carbonyl (C=O) groups is 1. The number of rotatable bonds is 5. The molecule has 4 rings (SSSR count). The molecule has 1 N–H and O–H groups in total. The first kappa shape index (κ1) is 19.7. The summed E-state index contributed by atoms with van der Waals surface area (Å²) < 4.78 is 28.6. The van der Waals surface area contributed by atoms with E-state index in [4.69, 9.17) is 0 Å². The fraction of sp³-hybridized carbons (Fsp3) is 0.318. The third-order valence-electron chi connectivity index (χ3n) is 5.51. The molecule has 0 aliphatic carbocycles. The van der Waals surface area contributed by atoms with Gasteiger partial charge in [0.15, 0.2) is 0 Å². The van der Waals surface area contributed by atoms with Crippen molar-refractivity contribution in [3.8, 4) is 0 Å². The fourth-order valence-electron chi connectivity index (χ4n) is 3.82. The van der Waals surface area contributed by atoms with Crippen molar-refractivity contribution in [3.05, 3.63) is 65.4 Å². The highest BCUT2D eigenvalue weighted by atomic mass is 32.2. The standard InChI is InChI=1S/C22H25N3O3S/c1-16-5-10-20-18(13-16)14-21(24(20)2)22(26)23-15-17-6-8-19(9-7-17)29(27,28)25-11-3-4-12-25/h5-10,13-14H,3-4,11-12,15H2,1-2H3,(H,23,26). The Morgan fingerprint density at radius 1 is 1.03 bits per heavy atom. The van der Waals surface area contributed by atoms with Gasteiger partial charge in [-0.05, 0) is 55.7 Å². The molecule has 0 atom stereocenters. The molecule has 0 unspecified atom stereocenters. The number of benzene rings is 2. The first-order valence-electron chi connectivity index (χ1n) is 9.79. The van der Waals surface area contributed by atoms with Crippen molar-refractivity contribution < 1.29 is 13.2 Å². The van der Waals surface area contributed by atoms with Gasteiger partial charge in [0.1, 0.15) is 5.69 Å². The highest BCUT2D eigenvalue weighted by Crippen LogP contribution is 2.22. The molecule has 1 amide bonds. The molecule has 29 heavy (non-hydrogen) atoms. The lowest BCUT2D eigenvalue weighted by Crippen LogP contribution is -2.28. The molecule has 7 heteroatoms. The van der Waals surface area contributed by atoms with E-state index in [9.17, 15) is 13.2 Å². The van der Waals surface area contributed by atoms with Crippen molar-refractivity contribution in [2.75, 3.05) is 13.1 Å². The minimum absolute atomic E-state index is 0.157. The Kier molecular flexibility index (Phi) is 5.19. The fourth-order valence-corrected chi connectivity index (χ4v) is 5.33. The molecule has 2 heterocycles. The summed E-state index contributed by atoms with van der Waals surface area (Å²) in [5.74, 6) is -0.157. The first-order valence-corrected chi connectivity index (χ1v) is 11.2. The minimum Gasteiger partial charge on any atom is -0.347 e. The number of aryl methyl sites for hydroxylation is 2. The number of hydrogen-bond acceptors (Lipinski definition) is 3. The van der Waals surface area contributed by atoms with Crippen LogP contribution in [0.3, 0.4) is 0 Å². The van der Waals surface area contributed by atoms with E-state index in [-0.39, 0.29) is 5.91 Å². The number of amides is 1. The highest BCUT2D eigenvalue weighted by Gasteiger charge is 2.26. The topological polar surface area (TPSA) is 71.4 Å². The number of hydrogen-bond donors (Lipinski definition) is 1. The van der Waals surface area contributed by atoms with E-state index in [1.807, 2.05) is 36.7 Å². The maximum Gasteiger partial charge on any atom is 0.268 e. The molecule has 2 aromatic carbocycles. The van der Waals surface area contributed by atoms with E-state index < -0.39 is 10.0 Å². The van der Waals surface area contributed by atoms with E-state index >= 15 is 0 Å². The molecule has 0 radical (unpaired) electrons. The van der Waals surface area contributed by atoms with Crippen LogP contribution in [0.2, 0.25) is 0 Å². The van der Waals surface area contributed by atoms with Gasteiger partial charge in [0, 0.05) is 37.6 Å². The number of carbonyl (C=O) groups excluding carboxylic acids is 1. The van der Waals surface area contributed by atoms with Crippen LogP contribution < -0.4 is 5.32 Å². The van der Waals surface area contributed by atoms with Crippen LogP contribution in [0.5, 0.6) is 0 Å². The Morgan fingerprint density at radius 2 is 1.72 bits per heavy atom. The quantitative estimate of drug-likeness (QED) is 0.701. The zero-order valence-electron chi connectivity index (χ0n) is 16.7. The van der Waals surface area contributed by atoms with Crippen LogP contribution in [0.1, 0.15) is 34.5 Å². The van der Waals surface area contributed by atoms with E-state index in [1.165, 1.54) is 4.31 Å². The van der Waals surface area contributed by atoms with Crippen LogP contribution in [0.15, 0.2) is 53.4 Å². The molecule has 152 valence electrons. The van der Waals surface area contributed by atoms with Gasteiger partial charge in [-0.2, -0.15) is 4.31 Å². The molecular formula is C22H25N3O3S. The van der Waals surface area contributed by atoms with Crippen LogP contribution >= 0.6 is 0 Å². The molecule has 1 aromatic heterocycles. The zero-order chi connectivity index (χ0) is 20.6. The molecule has 6 nitrogen and oxygen atoms in total. The molecule has 0 bridgehead atoms. The predicted molar refractivity (Wildman–Crippen MR) is 113 cm³/mol. The van der Waals surface area contributed by atoms with Crippen molar-refractivity contribution in [1.82, 2.24) is 14.2 Å². The Bertz CT molecular complexity index is 1160. The lowest BCUT2D eigenvalue weighted by Gasteiger charge is -2.15. The second kappa shape index (κ2) is 7.65. The summed E-state index contributed by atoms with van der Waals surface area (Å²) in [5.41, 5.74) is 3.61. The summed E-state index contributed by atoms with van der Waals surface area (Å²) >= 11 is 0. The van der Waals surface area contributed by atoms with Crippen LogP contribution in [-0.2, 0) is 23.6 Å². The summed E-state index contributed by atoms with van der Waals surface area (Å²) in [6, 6.07) is 14.8. The van der Waals surface area contributed by atoms with E-state index in [1.54, 1.807) is 24.3 Å². The van der Waals surface area contributed by atoms with Crippen LogP contribution in [0, 0.1) is 6.92 Å². The van der Waals surface area contributed by atoms with Gasteiger partial charge >= 0.3 is 0 Å². The number of nitrogens with one attached hydrogen (secondary N) is 1. The van der Waals surface area contributed by atoms with Crippen molar-refractivity contribution in [3.63, 3.8) is 0 Å². The van der Waals surface area contributed by atoms with Gasteiger partial charge < -0.3 is 9.88 Å². The van der Waals surface area contributed by atoms with Crippen LogP contribution in [0.4, 0.5) is 0 Å². The maximum absolute atomic E-state index is 12.7.